The number of nitrogens with zero attached hydrogens (tertiary/aromatic N) is 6. The first-order valence-corrected chi connectivity index (χ1v) is 9.80. The van der Waals surface area contributed by atoms with Crippen LogP contribution in [0.3, 0.4) is 0 Å². The standard InChI is InChI=1S/C20H20FN7O4/c1-11(22)19(29)31-10-14-9-28(20(30)32-14)13-4-5-15(16(21)7-13)12-3-6-17(23-8-12)18-24-25-26-27(18)2/h3-8,11,14H,9-10,22H2,1-2H3/p+1. The summed E-state index contributed by atoms with van der Waals surface area (Å²) in [7, 11) is 1.70. The summed E-state index contributed by atoms with van der Waals surface area (Å²) in [5.74, 6) is -0.513. The fraction of sp³-hybridized carbons (Fsp3) is 0.300. The Labute approximate surface area is 181 Å². The van der Waals surface area contributed by atoms with Crippen molar-refractivity contribution in [3.8, 4) is 22.6 Å². The normalized spacial score (nSPS) is 16.7. The van der Waals surface area contributed by atoms with Crippen LogP contribution in [0.4, 0.5) is 14.9 Å². The van der Waals surface area contributed by atoms with E-state index in [1.807, 2.05) is 0 Å². The van der Waals surface area contributed by atoms with Gasteiger partial charge in [0, 0.05) is 24.4 Å². The molecule has 11 nitrogen and oxygen atoms in total. The number of benzene rings is 1. The Morgan fingerprint density at radius 3 is 2.81 bits per heavy atom. The van der Waals surface area contributed by atoms with Crippen molar-refractivity contribution in [1.82, 2.24) is 25.2 Å². The minimum Gasteiger partial charge on any atom is -0.457 e. The van der Waals surface area contributed by atoms with E-state index in [0.29, 0.717) is 28.3 Å². The van der Waals surface area contributed by atoms with E-state index < -0.39 is 30.0 Å². The van der Waals surface area contributed by atoms with Gasteiger partial charge in [-0.2, -0.15) is 0 Å². The van der Waals surface area contributed by atoms with Crippen LogP contribution in [0.15, 0.2) is 36.5 Å². The molecular weight excluding hydrogens is 421 g/mol. The molecule has 0 aliphatic carbocycles. The number of hydrogen-bond acceptors (Lipinski definition) is 8. The van der Waals surface area contributed by atoms with Gasteiger partial charge in [-0.1, -0.05) is 6.07 Å². The number of rotatable bonds is 6. The van der Waals surface area contributed by atoms with E-state index in [-0.39, 0.29) is 13.2 Å². The molecule has 1 aromatic carbocycles. The lowest BCUT2D eigenvalue weighted by molar-refractivity contribution is -0.403. The van der Waals surface area contributed by atoms with E-state index in [0.717, 1.165) is 0 Å². The second-order valence-corrected chi connectivity index (χ2v) is 7.37. The second kappa shape index (κ2) is 8.67. The second-order valence-electron chi connectivity index (χ2n) is 7.37. The largest absolute Gasteiger partial charge is 0.457 e. The molecule has 1 saturated heterocycles. The molecule has 1 fully saturated rings. The fourth-order valence-corrected chi connectivity index (χ4v) is 3.17. The van der Waals surface area contributed by atoms with Crippen LogP contribution in [-0.2, 0) is 21.3 Å². The molecular formula is C20H21FN7O4+. The van der Waals surface area contributed by atoms with Gasteiger partial charge in [0.2, 0.25) is 0 Å². The zero-order valence-corrected chi connectivity index (χ0v) is 17.4. The first-order chi connectivity index (χ1) is 15.3. The molecule has 3 aromatic rings. The van der Waals surface area contributed by atoms with E-state index in [4.69, 9.17) is 9.47 Å². The summed E-state index contributed by atoms with van der Waals surface area (Å²) in [6, 6.07) is 7.33. The quantitative estimate of drug-likeness (QED) is 0.547. The number of quaternary nitrogens is 1. The number of cyclic esters (lactones) is 1. The average Bonchev–Trinajstić information content (AvgIpc) is 3.37. The van der Waals surface area contributed by atoms with Gasteiger partial charge in [0.05, 0.1) is 12.2 Å². The highest BCUT2D eigenvalue weighted by molar-refractivity contribution is 5.90. The Morgan fingerprint density at radius 1 is 1.38 bits per heavy atom. The van der Waals surface area contributed by atoms with Gasteiger partial charge in [0.25, 0.3) is 0 Å². The number of halogens is 1. The van der Waals surface area contributed by atoms with Crippen molar-refractivity contribution in [2.24, 2.45) is 7.05 Å². The molecule has 1 aliphatic heterocycles. The van der Waals surface area contributed by atoms with Crippen molar-refractivity contribution in [1.29, 1.82) is 0 Å². The van der Waals surface area contributed by atoms with Crippen LogP contribution < -0.4 is 10.6 Å². The van der Waals surface area contributed by atoms with Gasteiger partial charge in [0.1, 0.15) is 18.1 Å². The van der Waals surface area contributed by atoms with E-state index in [9.17, 15) is 14.0 Å². The third kappa shape index (κ3) is 4.25. The predicted octanol–water partition coefficient (Wildman–Crippen LogP) is 0.577. The van der Waals surface area contributed by atoms with Gasteiger partial charge in [-0.05, 0) is 41.6 Å². The number of ether oxygens (including phenoxy) is 2. The fourth-order valence-electron chi connectivity index (χ4n) is 3.17. The van der Waals surface area contributed by atoms with Crippen LogP contribution in [0, 0.1) is 5.82 Å². The summed E-state index contributed by atoms with van der Waals surface area (Å²) in [4.78, 5) is 29.4. The highest BCUT2D eigenvalue weighted by atomic mass is 19.1. The number of anilines is 1. The van der Waals surface area contributed by atoms with E-state index in [1.54, 1.807) is 38.2 Å². The molecule has 12 heteroatoms. The van der Waals surface area contributed by atoms with E-state index >= 15 is 0 Å². The van der Waals surface area contributed by atoms with Gasteiger partial charge in [-0.15, -0.1) is 5.10 Å². The van der Waals surface area contributed by atoms with Crippen molar-refractivity contribution < 1.29 is 29.2 Å². The molecule has 166 valence electrons. The van der Waals surface area contributed by atoms with Crippen molar-refractivity contribution in [2.45, 2.75) is 19.1 Å². The Kier molecular flexibility index (Phi) is 5.77. The van der Waals surface area contributed by atoms with E-state index in [1.165, 1.54) is 21.8 Å². The first kappa shape index (κ1) is 21.3. The number of carbonyl (C=O) groups is 2. The summed E-state index contributed by atoms with van der Waals surface area (Å²) in [6.07, 6.45) is 0.254. The lowest BCUT2D eigenvalue weighted by Crippen LogP contribution is -2.63. The molecule has 2 unspecified atom stereocenters. The number of aryl methyl sites for hydroxylation is 1. The Morgan fingerprint density at radius 2 is 2.19 bits per heavy atom. The number of tetrazole rings is 1. The summed E-state index contributed by atoms with van der Waals surface area (Å²) >= 11 is 0. The molecule has 2 aromatic heterocycles. The summed E-state index contributed by atoms with van der Waals surface area (Å²) < 4.78 is 26.6. The molecule has 32 heavy (non-hydrogen) atoms. The predicted molar refractivity (Wildman–Crippen MR) is 108 cm³/mol. The van der Waals surface area contributed by atoms with Crippen LogP contribution >= 0.6 is 0 Å². The zero-order valence-electron chi connectivity index (χ0n) is 17.4. The molecule has 0 saturated carbocycles. The Hall–Kier alpha value is -3.93. The third-order valence-electron chi connectivity index (χ3n) is 4.88. The molecule has 2 atom stereocenters. The van der Waals surface area contributed by atoms with Crippen molar-refractivity contribution in [2.75, 3.05) is 18.1 Å². The maximum atomic E-state index is 14.9. The Bertz CT molecular complexity index is 1150. The first-order valence-electron chi connectivity index (χ1n) is 9.80. The van der Waals surface area contributed by atoms with Crippen LogP contribution in [0.5, 0.6) is 0 Å². The highest BCUT2D eigenvalue weighted by Crippen LogP contribution is 2.29. The van der Waals surface area contributed by atoms with Crippen LogP contribution in [-0.4, -0.2) is 62.6 Å². The van der Waals surface area contributed by atoms with Gasteiger partial charge >= 0.3 is 12.1 Å². The summed E-state index contributed by atoms with van der Waals surface area (Å²) in [5, 5.41) is 11.2. The molecule has 3 heterocycles. The van der Waals surface area contributed by atoms with Crippen molar-refractivity contribution in [3.63, 3.8) is 0 Å². The SMILES string of the molecule is CC([NH3+])C(=O)OCC1CN(c2ccc(-c3ccc(-c4nnnn4C)nc3)c(F)c2)C(=O)O1. The highest BCUT2D eigenvalue weighted by Gasteiger charge is 2.34. The molecule has 0 spiro atoms. The number of esters is 1. The minimum absolute atomic E-state index is 0.0828. The van der Waals surface area contributed by atoms with Crippen molar-refractivity contribution >= 4 is 17.7 Å². The number of amides is 1. The lowest BCUT2D eigenvalue weighted by atomic mass is 10.1. The monoisotopic (exact) mass is 442 g/mol. The van der Waals surface area contributed by atoms with Gasteiger partial charge in [0.15, 0.2) is 18.0 Å². The summed E-state index contributed by atoms with van der Waals surface area (Å²) in [5.41, 5.74) is 5.35. The molecule has 3 N–H and O–H groups in total. The lowest BCUT2D eigenvalue weighted by Gasteiger charge is -2.14. The number of hydrogen-bond donors (Lipinski definition) is 1. The number of carbonyl (C=O) groups excluding carboxylic acids is 2. The molecule has 0 bridgehead atoms. The van der Waals surface area contributed by atoms with Crippen LogP contribution in [0.1, 0.15) is 6.92 Å². The summed E-state index contributed by atoms with van der Waals surface area (Å²) in [6.45, 7) is 1.66. The van der Waals surface area contributed by atoms with Gasteiger partial charge < -0.3 is 15.2 Å². The van der Waals surface area contributed by atoms with Crippen LogP contribution in [0.2, 0.25) is 0 Å². The Balaban J connectivity index is 1.47. The zero-order chi connectivity index (χ0) is 22.8. The van der Waals surface area contributed by atoms with Gasteiger partial charge in [-0.3, -0.25) is 9.88 Å². The molecule has 1 aliphatic rings. The minimum atomic E-state index is -0.639. The van der Waals surface area contributed by atoms with Crippen LogP contribution in [0.25, 0.3) is 22.6 Å². The third-order valence-corrected chi connectivity index (χ3v) is 4.88. The smallest absolute Gasteiger partial charge is 0.414 e. The number of aromatic nitrogens is 5. The van der Waals surface area contributed by atoms with Crippen molar-refractivity contribution in [3.05, 3.63) is 42.3 Å². The van der Waals surface area contributed by atoms with Gasteiger partial charge in [-0.25, -0.2) is 18.7 Å². The average molecular weight is 442 g/mol. The topological polar surface area (TPSA) is 140 Å². The maximum Gasteiger partial charge on any atom is 0.414 e. The van der Waals surface area contributed by atoms with E-state index in [2.05, 4.69) is 26.2 Å². The molecule has 4 rings (SSSR count). The molecule has 1 amide bonds. The maximum absolute atomic E-state index is 14.9. The number of pyridine rings is 1. The molecule has 0 radical (unpaired) electrons.